The van der Waals surface area contributed by atoms with E-state index >= 15 is 0 Å². The van der Waals surface area contributed by atoms with Crippen LogP contribution in [0.15, 0.2) is 42.5 Å². The van der Waals surface area contributed by atoms with E-state index in [1.54, 1.807) is 6.07 Å². The second-order valence-electron chi connectivity index (χ2n) is 5.25. The Bertz CT molecular complexity index is 832. The van der Waals surface area contributed by atoms with E-state index in [0.717, 1.165) is 28.1 Å². The molecule has 0 radical (unpaired) electrons. The van der Waals surface area contributed by atoms with Crippen molar-refractivity contribution in [3.63, 3.8) is 0 Å². The summed E-state index contributed by atoms with van der Waals surface area (Å²) in [6.45, 7) is 2.22. The van der Waals surface area contributed by atoms with Crippen molar-refractivity contribution >= 4 is 10.9 Å². The first-order valence-electron chi connectivity index (χ1n) is 6.89. The monoisotopic (exact) mass is 304 g/mol. The Morgan fingerprint density at radius 2 is 1.82 bits per heavy atom. The zero-order valence-electron chi connectivity index (χ0n) is 12.0. The molecular weight excluding hydrogens is 289 g/mol. The Morgan fingerprint density at radius 1 is 1.09 bits per heavy atom. The first-order chi connectivity index (χ1) is 10.4. The predicted octanol–water partition coefficient (Wildman–Crippen LogP) is 4.62. The quantitative estimate of drug-likeness (QED) is 0.712. The smallest absolute Gasteiger partial charge is 0.354 e. The van der Waals surface area contributed by atoms with Gasteiger partial charge in [-0.15, -0.1) is 0 Å². The van der Waals surface area contributed by atoms with Crippen molar-refractivity contribution < 1.29 is 13.2 Å². The number of fused-ring (bicyclic) bond motifs is 1. The largest absolute Gasteiger partial charge is 0.417 e. The average molecular weight is 304 g/mol. The number of aromatic amines is 1. The molecule has 1 heterocycles. The third-order valence-corrected chi connectivity index (χ3v) is 3.86. The lowest BCUT2D eigenvalue weighted by Crippen LogP contribution is -2.07. The normalized spacial score (nSPS) is 12.0. The number of benzene rings is 2. The summed E-state index contributed by atoms with van der Waals surface area (Å²) >= 11 is 0. The zero-order valence-corrected chi connectivity index (χ0v) is 12.0. The lowest BCUT2D eigenvalue weighted by Gasteiger charge is -2.12. The highest BCUT2D eigenvalue weighted by molar-refractivity contribution is 5.91. The minimum Gasteiger partial charge on any atom is -0.354 e. The van der Waals surface area contributed by atoms with E-state index in [0.29, 0.717) is 12.2 Å². The molecular formula is C17H15F3N2. The van der Waals surface area contributed by atoms with Gasteiger partial charge in [-0.05, 0) is 36.2 Å². The maximum Gasteiger partial charge on any atom is 0.417 e. The molecule has 2 nitrogen and oxygen atoms in total. The van der Waals surface area contributed by atoms with Gasteiger partial charge in [-0.25, -0.2) is 0 Å². The summed E-state index contributed by atoms with van der Waals surface area (Å²) in [6, 6.07) is 11.2. The molecule has 0 aliphatic heterocycles. The molecule has 0 aliphatic rings. The predicted molar refractivity (Wildman–Crippen MR) is 81.4 cm³/mol. The molecule has 0 aliphatic carbocycles. The molecule has 0 bridgehead atoms. The number of nitrogens with one attached hydrogen (secondary N) is 1. The molecule has 2 aromatic carbocycles. The number of H-pyrrole nitrogens is 1. The lowest BCUT2D eigenvalue weighted by molar-refractivity contribution is -0.137. The molecule has 0 fully saturated rings. The van der Waals surface area contributed by atoms with Gasteiger partial charge in [0.2, 0.25) is 0 Å². The third-order valence-electron chi connectivity index (χ3n) is 3.86. The first-order valence-corrected chi connectivity index (χ1v) is 6.89. The minimum absolute atomic E-state index is 0.165. The van der Waals surface area contributed by atoms with Crippen LogP contribution in [-0.4, -0.2) is 4.98 Å². The van der Waals surface area contributed by atoms with Crippen LogP contribution in [0.4, 0.5) is 13.2 Å². The topological polar surface area (TPSA) is 41.8 Å². The van der Waals surface area contributed by atoms with Crippen LogP contribution in [-0.2, 0) is 12.7 Å². The van der Waals surface area contributed by atoms with Gasteiger partial charge in [0.15, 0.2) is 0 Å². The summed E-state index contributed by atoms with van der Waals surface area (Å²) in [5.74, 6) is 0. The molecule has 114 valence electrons. The number of aromatic nitrogens is 1. The molecule has 0 amide bonds. The fourth-order valence-electron chi connectivity index (χ4n) is 2.72. The molecule has 3 aromatic rings. The van der Waals surface area contributed by atoms with Gasteiger partial charge in [-0.2, -0.15) is 13.2 Å². The molecule has 0 unspecified atom stereocenters. The molecule has 0 saturated carbocycles. The van der Waals surface area contributed by atoms with Crippen LogP contribution < -0.4 is 5.73 Å². The Labute approximate surface area is 125 Å². The summed E-state index contributed by atoms with van der Waals surface area (Å²) < 4.78 is 39.6. The van der Waals surface area contributed by atoms with E-state index in [4.69, 9.17) is 5.73 Å². The molecule has 1 aromatic heterocycles. The van der Waals surface area contributed by atoms with E-state index in [-0.39, 0.29) is 5.56 Å². The van der Waals surface area contributed by atoms with Crippen LogP contribution in [0.25, 0.3) is 22.2 Å². The molecule has 22 heavy (non-hydrogen) atoms. The van der Waals surface area contributed by atoms with Crippen molar-refractivity contribution in [2.45, 2.75) is 19.6 Å². The van der Waals surface area contributed by atoms with Gasteiger partial charge in [0, 0.05) is 23.0 Å². The highest BCUT2D eigenvalue weighted by atomic mass is 19.4. The molecule has 0 spiro atoms. The molecule has 3 rings (SSSR count). The lowest BCUT2D eigenvalue weighted by atomic mass is 10.0. The van der Waals surface area contributed by atoms with Crippen LogP contribution in [0, 0.1) is 6.92 Å². The van der Waals surface area contributed by atoms with Crippen molar-refractivity contribution in [2.24, 2.45) is 5.73 Å². The number of aryl methyl sites for hydroxylation is 1. The Morgan fingerprint density at radius 3 is 2.50 bits per heavy atom. The number of hydrogen-bond acceptors (Lipinski definition) is 1. The summed E-state index contributed by atoms with van der Waals surface area (Å²) in [7, 11) is 0. The number of rotatable bonds is 2. The highest BCUT2D eigenvalue weighted by Crippen LogP contribution is 2.39. The molecule has 0 atom stereocenters. The summed E-state index contributed by atoms with van der Waals surface area (Å²) in [6.07, 6.45) is -4.39. The standard InChI is InChI=1S/C17H15F3N2/c1-10-13-8-11(9-21)6-7-15(13)22-16(10)12-4-2-3-5-14(12)17(18,19)20/h2-8,22H,9,21H2,1H3. The maximum absolute atomic E-state index is 13.2. The Kier molecular flexibility index (Phi) is 3.45. The van der Waals surface area contributed by atoms with Crippen LogP contribution in [0.2, 0.25) is 0 Å². The van der Waals surface area contributed by atoms with Crippen molar-refractivity contribution in [1.29, 1.82) is 0 Å². The van der Waals surface area contributed by atoms with E-state index in [9.17, 15) is 13.2 Å². The SMILES string of the molecule is Cc1c(-c2ccccc2C(F)(F)F)[nH]c2ccc(CN)cc12. The van der Waals surface area contributed by atoms with E-state index in [2.05, 4.69) is 4.98 Å². The van der Waals surface area contributed by atoms with Crippen LogP contribution in [0.5, 0.6) is 0 Å². The van der Waals surface area contributed by atoms with Crippen LogP contribution in [0.1, 0.15) is 16.7 Å². The fraction of sp³-hybridized carbons (Fsp3) is 0.176. The summed E-state index contributed by atoms with van der Waals surface area (Å²) in [4.78, 5) is 3.10. The maximum atomic E-state index is 13.2. The number of halogens is 3. The fourth-order valence-corrected chi connectivity index (χ4v) is 2.72. The van der Waals surface area contributed by atoms with Crippen molar-refractivity contribution in [2.75, 3.05) is 0 Å². The van der Waals surface area contributed by atoms with Gasteiger partial charge in [0.05, 0.1) is 11.3 Å². The van der Waals surface area contributed by atoms with Gasteiger partial charge < -0.3 is 10.7 Å². The molecule has 3 N–H and O–H groups in total. The van der Waals surface area contributed by atoms with E-state index in [1.165, 1.54) is 12.1 Å². The van der Waals surface area contributed by atoms with Gasteiger partial charge in [-0.1, -0.05) is 24.3 Å². The van der Waals surface area contributed by atoms with Gasteiger partial charge in [0.25, 0.3) is 0 Å². The van der Waals surface area contributed by atoms with Crippen LogP contribution >= 0.6 is 0 Å². The van der Waals surface area contributed by atoms with Gasteiger partial charge in [-0.3, -0.25) is 0 Å². The van der Waals surface area contributed by atoms with Crippen LogP contribution in [0.3, 0.4) is 0 Å². The second-order valence-corrected chi connectivity index (χ2v) is 5.25. The van der Waals surface area contributed by atoms with E-state index in [1.807, 2.05) is 25.1 Å². The highest BCUT2D eigenvalue weighted by Gasteiger charge is 2.34. The van der Waals surface area contributed by atoms with Crippen molar-refractivity contribution in [3.05, 3.63) is 59.2 Å². The average Bonchev–Trinajstić information content (AvgIpc) is 2.83. The number of hydrogen-bond donors (Lipinski definition) is 2. The van der Waals surface area contributed by atoms with Gasteiger partial charge in [0.1, 0.15) is 0 Å². The Balaban J connectivity index is 2.26. The zero-order chi connectivity index (χ0) is 15.9. The van der Waals surface area contributed by atoms with Crippen molar-refractivity contribution in [1.82, 2.24) is 4.98 Å². The minimum atomic E-state index is -4.39. The first kappa shape index (κ1) is 14.7. The van der Waals surface area contributed by atoms with Crippen molar-refractivity contribution in [3.8, 4) is 11.3 Å². The number of alkyl halides is 3. The Hall–Kier alpha value is -2.27. The van der Waals surface area contributed by atoms with Gasteiger partial charge >= 0.3 is 6.18 Å². The summed E-state index contributed by atoms with van der Waals surface area (Å²) in [5.41, 5.74) is 8.21. The second kappa shape index (κ2) is 5.18. The van der Waals surface area contributed by atoms with E-state index < -0.39 is 11.7 Å². The third kappa shape index (κ3) is 2.37. The molecule has 5 heteroatoms. The summed E-state index contributed by atoms with van der Waals surface area (Å²) in [5, 5.41) is 0.898. The molecule has 0 saturated heterocycles. The number of nitrogens with two attached hydrogens (primary N) is 1.